The number of carboxylic acid groups (broad SMARTS) is 2. The number of aliphatic carboxylic acids is 2. The second-order valence-electron chi connectivity index (χ2n) is 7.24. The molecule has 4 nitrogen and oxygen atoms in total. The molecule has 5 atom stereocenters. The fourth-order valence-electron chi connectivity index (χ4n) is 5.38. The summed E-state index contributed by atoms with van der Waals surface area (Å²) in [5.41, 5.74) is -0.759. The van der Waals surface area contributed by atoms with Crippen LogP contribution in [0.1, 0.15) is 57.8 Å². The third-order valence-electron chi connectivity index (χ3n) is 6.21. The molecule has 0 aliphatic heterocycles. The van der Waals surface area contributed by atoms with E-state index < -0.39 is 23.3 Å². The van der Waals surface area contributed by atoms with Gasteiger partial charge in [0.05, 0.1) is 11.3 Å². The topological polar surface area (TPSA) is 74.6 Å². The van der Waals surface area contributed by atoms with E-state index in [2.05, 4.69) is 0 Å². The summed E-state index contributed by atoms with van der Waals surface area (Å²) in [6, 6.07) is 0. The Labute approximate surface area is 119 Å². The van der Waals surface area contributed by atoms with Crippen molar-refractivity contribution in [2.75, 3.05) is 0 Å². The Morgan fingerprint density at radius 3 is 2.40 bits per heavy atom. The molecular weight excluding hydrogens is 256 g/mol. The number of rotatable bonds is 2. The normalized spacial score (nSPS) is 44.2. The van der Waals surface area contributed by atoms with E-state index in [-0.39, 0.29) is 5.92 Å². The van der Waals surface area contributed by atoms with E-state index in [9.17, 15) is 19.8 Å². The molecule has 0 aromatic rings. The zero-order valence-electron chi connectivity index (χ0n) is 11.9. The van der Waals surface area contributed by atoms with Crippen LogP contribution in [0.5, 0.6) is 0 Å². The van der Waals surface area contributed by atoms with Gasteiger partial charge in [0.2, 0.25) is 0 Å². The second-order valence-corrected chi connectivity index (χ2v) is 7.24. The lowest BCUT2D eigenvalue weighted by atomic mass is 9.58. The van der Waals surface area contributed by atoms with E-state index in [1.807, 2.05) is 0 Å². The molecule has 2 N–H and O–H groups in total. The SMILES string of the molecule is O=C(O)C1CCCC2(C(=O)O)CC3CCCC(C3)CC12. The van der Waals surface area contributed by atoms with Crippen LogP contribution in [0.15, 0.2) is 0 Å². The molecule has 0 saturated heterocycles. The highest BCUT2D eigenvalue weighted by atomic mass is 16.4. The molecule has 3 aliphatic rings. The molecule has 0 aromatic heterocycles. The van der Waals surface area contributed by atoms with Crippen LogP contribution in [0.4, 0.5) is 0 Å². The Kier molecular flexibility index (Phi) is 3.51. The predicted molar refractivity (Wildman–Crippen MR) is 73.2 cm³/mol. The van der Waals surface area contributed by atoms with E-state index in [4.69, 9.17) is 0 Å². The molecule has 5 unspecified atom stereocenters. The minimum absolute atomic E-state index is 0.153. The first-order chi connectivity index (χ1) is 9.53. The molecule has 20 heavy (non-hydrogen) atoms. The monoisotopic (exact) mass is 280 g/mol. The van der Waals surface area contributed by atoms with Gasteiger partial charge in [0.15, 0.2) is 0 Å². The number of carbonyl (C=O) groups is 2. The number of carboxylic acids is 2. The first-order valence-corrected chi connectivity index (χ1v) is 7.99. The molecule has 3 saturated carbocycles. The highest BCUT2D eigenvalue weighted by molar-refractivity contribution is 5.78. The fourth-order valence-corrected chi connectivity index (χ4v) is 5.38. The Morgan fingerprint density at radius 1 is 0.950 bits per heavy atom. The Bertz CT molecular complexity index is 419. The van der Waals surface area contributed by atoms with E-state index >= 15 is 0 Å². The van der Waals surface area contributed by atoms with Gasteiger partial charge < -0.3 is 10.2 Å². The summed E-state index contributed by atoms with van der Waals surface area (Å²) in [4.78, 5) is 23.6. The van der Waals surface area contributed by atoms with Gasteiger partial charge in [0.1, 0.15) is 0 Å². The first-order valence-electron chi connectivity index (χ1n) is 7.99. The fraction of sp³-hybridized carbons (Fsp3) is 0.875. The maximum absolute atomic E-state index is 12.0. The summed E-state index contributed by atoms with van der Waals surface area (Å²) in [5.74, 6) is -1.06. The number of fused-ring (bicyclic) bond motifs is 3. The van der Waals surface area contributed by atoms with Gasteiger partial charge in [0.25, 0.3) is 0 Å². The van der Waals surface area contributed by atoms with Crippen molar-refractivity contribution in [2.45, 2.75) is 57.8 Å². The molecule has 2 bridgehead atoms. The lowest BCUT2D eigenvalue weighted by molar-refractivity contribution is -0.164. The molecule has 0 amide bonds. The van der Waals surface area contributed by atoms with Crippen LogP contribution in [0.2, 0.25) is 0 Å². The van der Waals surface area contributed by atoms with Gasteiger partial charge >= 0.3 is 11.9 Å². The van der Waals surface area contributed by atoms with Crippen molar-refractivity contribution in [2.24, 2.45) is 29.1 Å². The van der Waals surface area contributed by atoms with Gasteiger partial charge in [-0.3, -0.25) is 9.59 Å². The summed E-state index contributed by atoms with van der Waals surface area (Å²) in [7, 11) is 0. The van der Waals surface area contributed by atoms with E-state index in [1.54, 1.807) is 0 Å². The maximum atomic E-state index is 12.0. The van der Waals surface area contributed by atoms with Crippen LogP contribution in [-0.2, 0) is 9.59 Å². The van der Waals surface area contributed by atoms with Crippen molar-refractivity contribution in [1.29, 1.82) is 0 Å². The third-order valence-corrected chi connectivity index (χ3v) is 6.21. The van der Waals surface area contributed by atoms with Crippen LogP contribution < -0.4 is 0 Å². The van der Waals surface area contributed by atoms with Gasteiger partial charge in [-0.2, -0.15) is 0 Å². The zero-order valence-corrected chi connectivity index (χ0v) is 11.9. The van der Waals surface area contributed by atoms with Crippen LogP contribution in [0.25, 0.3) is 0 Å². The largest absolute Gasteiger partial charge is 0.481 e. The van der Waals surface area contributed by atoms with Crippen molar-refractivity contribution < 1.29 is 19.8 Å². The second kappa shape index (κ2) is 5.05. The average Bonchev–Trinajstić information content (AvgIpc) is 2.51. The van der Waals surface area contributed by atoms with E-state index in [0.717, 1.165) is 32.1 Å². The molecular formula is C16H24O4. The Hall–Kier alpha value is -1.06. The molecule has 3 aliphatic carbocycles. The number of hydrogen-bond acceptors (Lipinski definition) is 2. The van der Waals surface area contributed by atoms with E-state index in [1.165, 1.54) is 6.42 Å². The van der Waals surface area contributed by atoms with Gasteiger partial charge in [-0.1, -0.05) is 25.7 Å². The predicted octanol–water partition coefficient (Wildman–Crippen LogP) is 3.16. The lowest BCUT2D eigenvalue weighted by Crippen LogP contribution is -2.47. The molecule has 4 heteroatoms. The highest BCUT2D eigenvalue weighted by Crippen LogP contribution is 2.56. The van der Waals surface area contributed by atoms with Crippen molar-refractivity contribution in [3.8, 4) is 0 Å². The van der Waals surface area contributed by atoms with E-state index in [0.29, 0.717) is 31.1 Å². The summed E-state index contributed by atoms with van der Waals surface area (Å²) < 4.78 is 0. The zero-order chi connectivity index (χ0) is 14.3. The quantitative estimate of drug-likeness (QED) is 0.814. The maximum Gasteiger partial charge on any atom is 0.309 e. The molecule has 0 heterocycles. The molecule has 3 fully saturated rings. The van der Waals surface area contributed by atoms with Gasteiger partial charge in [-0.25, -0.2) is 0 Å². The third kappa shape index (κ3) is 2.13. The van der Waals surface area contributed by atoms with Crippen LogP contribution in [0.3, 0.4) is 0 Å². The lowest BCUT2D eigenvalue weighted by Gasteiger charge is -2.44. The number of hydrogen-bond donors (Lipinski definition) is 2. The van der Waals surface area contributed by atoms with Gasteiger partial charge in [0, 0.05) is 0 Å². The van der Waals surface area contributed by atoms with Crippen molar-refractivity contribution in [3.05, 3.63) is 0 Å². The first kappa shape index (κ1) is 13.9. The minimum atomic E-state index is -0.781. The summed E-state index contributed by atoms with van der Waals surface area (Å²) in [6.45, 7) is 0. The standard InChI is InChI=1S/C16H24O4/c17-14(18)12-5-2-6-16(15(19)20)9-11-4-1-3-10(7-11)8-13(12)16/h10-13H,1-9H2,(H,17,18)(H,19,20). The Morgan fingerprint density at radius 2 is 1.70 bits per heavy atom. The molecule has 0 radical (unpaired) electrons. The summed E-state index contributed by atoms with van der Waals surface area (Å²) >= 11 is 0. The Balaban J connectivity index is 1.99. The summed E-state index contributed by atoms with van der Waals surface area (Å²) in [6.07, 6.45) is 8.23. The molecule has 0 spiro atoms. The molecule has 0 aromatic carbocycles. The van der Waals surface area contributed by atoms with Gasteiger partial charge in [-0.05, 0) is 49.9 Å². The smallest absolute Gasteiger partial charge is 0.309 e. The summed E-state index contributed by atoms with van der Waals surface area (Å²) in [5, 5.41) is 19.4. The van der Waals surface area contributed by atoms with Crippen molar-refractivity contribution >= 4 is 11.9 Å². The minimum Gasteiger partial charge on any atom is -0.481 e. The van der Waals surface area contributed by atoms with Crippen molar-refractivity contribution in [3.63, 3.8) is 0 Å². The molecule has 112 valence electrons. The van der Waals surface area contributed by atoms with Crippen LogP contribution in [0, 0.1) is 29.1 Å². The van der Waals surface area contributed by atoms with Crippen molar-refractivity contribution in [1.82, 2.24) is 0 Å². The average molecular weight is 280 g/mol. The van der Waals surface area contributed by atoms with Crippen LogP contribution >= 0.6 is 0 Å². The highest BCUT2D eigenvalue weighted by Gasteiger charge is 2.55. The molecule has 3 rings (SSSR count). The van der Waals surface area contributed by atoms with Crippen LogP contribution in [-0.4, -0.2) is 22.2 Å². The van der Waals surface area contributed by atoms with Gasteiger partial charge in [-0.15, -0.1) is 0 Å².